The van der Waals surface area contributed by atoms with Crippen LogP contribution in [0.3, 0.4) is 0 Å². The zero-order valence-corrected chi connectivity index (χ0v) is 18.6. The predicted octanol–water partition coefficient (Wildman–Crippen LogP) is 2.02. The van der Waals surface area contributed by atoms with E-state index in [4.69, 9.17) is 18.9 Å². The van der Waals surface area contributed by atoms with Crippen molar-refractivity contribution in [3.8, 4) is 0 Å². The second kappa shape index (κ2) is 7.80. The van der Waals surface area contributed by atoms with Gasteiger partial charge in [-0.05, 0) is 40.0 Å². The van der Waals surface area contributed by atoms with Crippen LogP contribution in [0.1, 0.15) is 47.0 Å². The van der Waals surface area contributed by atoms with E-state index in [1.807, 2.05) is 0 Å². The maximum absolute atomic E-state index is 12.6. The van der Waals surface area contributed by atoms with Crippen molar-refractivity contribution in [2.75, 3.05) is 26.8 Å². The molecule has 4 aliphatic rings. The van der Waals surface area contributed by atoms with Crippen LogP contribution in [0.4, 0.5) is 4.79 Å². The molecule has 0 aromatic heterocycles. The number of hydrogen-bond donors (Lipinski definition) is 1. The molecule has 6 atom stereocenters. The number of methoxy groups -OCH3 is 1. The Morgan fingerprint density at radius 3 is 2.53 bits per heavy atom. The molecule has 168 valence electrons. The Morgan fingerprint density at radius 2 is 1.97 bits per heavy atom. The summed E-state index contributed by atoms with van der Waals surface area (Å²) in [4.78, 5) is 25.4. The van der Waals surface area contributed by atoms with E-state index in [0.717, 1.165) is 12.8 Å². The highest BCUT2D eigenvalue weighted by Crippen LogP contribution is 2.59. The Bertz CT molecular complexity index is 725. The minimum Gasteiger partial charge on any atom is -0.443 e. The zero-order valence-electron chi connectivity index (χ0n) is 18.6. The van der Waals surface area contributed by atoms with Crippen LogP contribution in [0.15, 0.2) is 11.6 Å². The maximum atomic E-state index is 12.6. The summed E-state index contributed by atoms with van der Waals surface area (Å²) in [6, 6.07) is 0.00474. The first-order valence-electron chi connectivity index (χ1n) is 10.9. The van der Waals surface area contributed by atoms with Gasteiger partial charge in [0.25, 0.3) is 0 Å². The van der Waals surface area contributed by atoms with Crippen LogP contribution >= 0.6 is 0 Å². The van der Waals surface area contributed by atoms with Gasteiger partial charge in [-0.3, -0.25) is 4.79 Å². The molecule has 8 nitrogen and oxygen atoms in total. The quantitative estimate of drug-likeness (QED) is 0.520. The number of hydrogen-bond acceptors (Lipinski definition) is 6. The van der Waals surface area contributed by atoms with Crippen LogP contribution < -0.4 is 5.32 Å². The van der Waals surface area contributed by atoms with Gasteiger partial charge in [-0.25, -0.2) is 4.79 Å². The first kappa shape index (κ1) is 21.6. The number of nitrogens with zero attached hydrogens (tertiary/aromatic N) is 1. The Morgan fingerprint density at radius 1 is 1.27 bits per heavy atom. The summed E-state index contributed by atoms with van der Waals surface area (Å²) in [7, 11) is 1.67. The van der Waals surface area contributed by atoms with Gasteiger partial charge in [-0.15, -0.1) is 0 Å². The lowest BCUT2D eigenvalue weighted by Gasteiger charge is -2.44. The fraction of sp³-hybridized carbons (Fsp3) is 0.818. The van der Waals surface area contributed by atoms with Gasteiger partial charge in [-0.1, -0.05) is 11.6 Å². The molecule has 0 bridgehead atoms. The van der Waals surface area contributed by atoms with Gasteiger partial charge >= 0.3 is 6.09 Å². The number of likely N-dealkylation sites (tertiary alicyclic amines) is 1. The summed E-state index contributed by atoms with van der Waals surface area (Å²) in [5.41, 5.74) is 0.698. The van der Waals surface area contributed by atoms with Crippen LogP contribution in [-0.4, -0.2) is 79.3 Å². The molecule has 1 unspecified atom stereocenters. The number of allylic oxidation sites excluding steroid dienone is 1. The molecule has 0 aromatic carbocycles. The Kier molecular flexibility index (Phi) is 5.61. The third kappa shape index (κ3) is 3.97. The zero-order chi connectivity index (χ0) is 21.7. The molecule has 3 aliphatic heterocycles. The number of nitrogens with one attached hydrogen (secondary N) is 1. The first-order valence-corrected chi connectivity index (χ1v) is 10.9. The largest absolute Gasteiger partial charge is 0.443 e. The predicted molar refractivity (Wildman–Crippen MR) is 109 cm³/mol. The van der Waals surface area contributed by atoms with E-state index in [1.165, 1.54) is 12.5 Å². The third-order valence-electron chi connectivity index (χ3n) is 7.04. The van der Waals surface area contributed by atoms with Crippen molar-refractivity contribution < 1.29 is 28.5 Å². The molecular formula is C22H34N2O6. The molecule has 1 N–H and O–H groups in total. The van der Waals surface area contributed by atoms with E-state index in [9.17, 15) is 9.59 Å². The van der Waals surface area contributed by atoms with Crippen molar-refractivity contribution >= 4 is 12.0 Å². The molecule has 1 spiro atoms. The lowest BCUT2D eigenvalue weighted by molar-refractivity contribution is -0.125. The second-order valence-corrected chi connectivity index (χ2v) is 9.60. The molecule has 1 saturated carbocycles. The monoisotopic (exact) mass is 422 g/mol. The van der Waals surface area contributed by atoms with Crippen molar-refractivity contribution in [1.82, 2.24) is 10.2 Å². The molecule has 4 rings (SSSR count). The molecular weight excluding hydrogens is 388 g/mol. The Hall–Kier alpha value is -1.64. The summed E-state index contributed by atoms with van der Waals surface area (Å²) in [5.74, 6) is -0.0710. The van der Waals surface area contributed by atoms with E-state index in [2.05, 4.69) is 32.2 Å². The fourth-order valence-corrected chi connectivity index (χ4v) is 5.28. The average Bonchev–Trinajstić information content (AvgIpc) is 3.55. The molecule has 4 fully saturated rings. The molecule has 1 aliphatic carbocycles. The number of amides is 2. The Labute approximate surface area is 178 Å². The van der Waals surface area contributed by atoms with Gasteiger partial charge in [0.15, 0.2) is 0 Å². The van der Waals surface area contributed by atoms with Gasteiger partial charge < -0.3 is 29.2 Å². The summed E-state index contributed by atoms with van der Waals surface area (Å²) in [6.45, 7) is 9.45. The maximum Gasteiger partial charge on any atom is 0.410 e. The van der Waals surface area contributed by atoms with E-state index in [-0.39, 0.29) is 53.5 Å². The molecule has 0 aromatic rings. The summed E-state index contributed by atoms with van der Waals surface area (Å²) < 4.78 is 23.9. The van der Waals surface area contributed by atoms with Crippen LogP contribution in [-0.2, 0) is 23.7 Å². The highest BCUT2D eigenvalue weighted by Gasteiger charge is 2.72. The normalized spacial score (nSPS) is 39.8. The van der Waals surface area contributed by atoms with Crippen molar-refractivity contribution in [1.29, 1.82) is 0 Å². The number of ether oxygens (including phenoxy) is 4. The summed E-state index contributed by atoms with van der Waals surface area (Å²) in [6.07, 6.45) is 3.76. The lowest BCUT2D eigenvalue weighted by Crippen LogP contribution is -2.62. The van der Waals surface area contributed by atoms with Gasteiger partial charge in [0.05, 0.1) is 24.7 Å². The van der Waals surface area contributed by atoms with Crippen molar-refractivity contribution in [3.05, 3.63) is 11.6 Å². The Balaban J connectivity index is 1.40. The molecule has 0 radical (unpaired) electrons. The SMILES string of the molecule is CO[C@H]1C([C@@]2(C)O[C@@H]2CC=C(C)C)[C@]2(CC[C@H]1OC(=O)N1CC(NC(C)=O)C1)CO2. The minimum absolute atomic E-state index is 0.00474. The number of rotatable bonds is 6. The molecule has 30 heavy (non-hydrogen) atoms. The number of carbonyl (C=O) groups is 2. The second-order valence-electron chi connectivity index (χ2n) is 9.60. The minimum atomic E-state index is -0.349. The number of epoxide rings is 2. The number of carbonyl (C=O) groups excluding carboxylic acids is 2. The van der Waals surface area contributed by atoms with E-state index < -0.39 is 0 Å². The summed E-state index contributed by atoms with van der Waals surface area (Å²) >= 11 is 0. The van der Waals surface area contributed by atoms with Crippen molar-refractivity contribution in [3.63, 3.8) is 0 Å². The van der Waals surface area contributed by atoms with E-state index in [0.29, 0.717) is 26.1 Å². The first-order chi connectivity index (χ1) is 14.2. The van der Waals surface area contributed by atoms with Crippen LogP contribution in [0.25, 0.3) is 0 Å². The highest BCUT2D eigenvalue weighted by atomic mass is 16.6. The molecule has 2 amide bonds. The van der Waals surface area contributed by atoms with Gasteiger partial charge in [0.2, 0.25) is 5.91 Å². The van der Waals surface area contributed by atoms with E-state index in [1.54, 1.807) is 12.0 Å². The van der Waals surface area contributed by atoms with Crippen LogP contribution in [0, 0.1) is 5.92 Å². The highest BCUT2D eigenvalue weighted by molar-refractivity contribution is 5.74. The van der Waals surface area contributed by atoms with Gasteiger partial charge in [0.1, 0.15) is 23.4 Å². The van der Waals surface area contributed by atoms with Crippen molar-refractivity contribution in [2.45, 2.75) is 82.5 Å². The van der Waals surface area contributed by atoms with Gasteiger partial charge in [0, 0.05) is 27.1 Å². The summed E-state index contributed by atoms with van der Waals surface area (Å²) in [5, 5.41) is 2.82. The molecule has 3 saturated heterocycles. The molecule has 8 heteroatoms. The van der Waals surface area contributed by atoms with Crippen molar-refractivity contribution in [2.24, 2.45) is 5.92 Å². The van der Waals surface area contributed by atoms with Gasteiger partial charge in [-0.2, -0.15) is 0 Å². The van der Waals surface area contributed by atoms with Crippen LogP contribution in [0.2, 0.25) is 0 Å². The topological polar surface area (TPSA) is 92.9 Å². The standard InChI is InChI=1S/C22H34N2O6/c1-13(2)6-7-17-21(4,30-17)19-18(27-5)16(8-9-22(19)12-28-22)29-20(26)24-10-15(11-24)23-14(3)25/h6,15-19H,7-12H2,1-5H3,(H,23,25)/t16-,17-,18-,19?,21+,22+/m1/s1. The average molecular weight is 423 g/mol. The lowest BCUT2D eigenvalue weighted by atomic mass is 9.68. The molecule has 3 heterocycles. The fourth-order valence-electron chi connectivity index (χ4n) is 5.28. The smallest absolute Gasteiger partial charge is 0.410 e. The third-order valence-corrected chi connectivity index (χ3v) is 7.04. The van der Waals surface area contributed by atoms with E-state index >= 15 is 0 Å². The van der Waals surface area contributed by atoms with Crippen LogP contribution in [0.5, 0.6) is 0 Å².